The molecule has 174 valence electrons. The number of carbonyl (C=O) groups is 1. The smallest absolute Gasteiger partial charge is 0.404 e. The second-order valence-electron chi connectivity index (χ2n) is 7.40. The fourth-order valence-corrected chi connectivity index (χ4v) is 5.08. The molecule has 1 aromatic carbocycles. The van der Waals surface area contributed by atoms with Crippen molar-refractivity contribution in [1.82, 2.24) is 15.5 Å². The third kappa shape index (κ3) is 4.62. The molecule has 2 saturated heterocycles. The molecule has 1 amide bonds. The number of fused-ring (bicyclic) bond motifs is 1. The molecule has 1 aromatic rings. The third-order valence-electron chi connectivity index (χ3n) is 5.43. The molecule has 0 saturated carbocycles. The molecule has 0 spiro atoms. The summed E-state index contributed by atoms with van der Waals surface area (Å²) in [4.78, 5) is 22.4. The summed E-state index contributed by atoms with van der Waals surface area (Å²) in [7, 11) is -1.08. The van der Waals surface area contributed by atoms with Crippen LogP contribution in [0, 0.1) is 0 Å². The molecule has 4 rings (SSSR count). The van der Waals surface area contributed by atoms with Crippen molar-refractivity contribution in [1.29, 1.82) is 0 Å². The Morgan fingerprint density at radius 2 is 2.12 bits per heavy atom. The van der Waals surface area contributed by atoms with Crippen molar-refractivity contribution in [3.63, 3.8) is 0 Å². The first-order valence-corrected chi connectivity index (χ1v) is 12.0. The number of phosphoric acid groups is 1. The van der Waals surface area contributed by atoms with Gasteiger partial charge >= 0.3 is 7.82 Å². The number of hydrogen-bond acceptors (Lipinski definition) is 9. The summed E-state index contributed by atoms with van der Waals surface area (Å²) in [5, 5.41) is 6.33. The topological polar surface area (TPSA) is 123 Å². The summed E-state index contributed by atoms with van der Waals surface area (Å²) >= 11 is 5.89. The van der Waals surface area contributed by atoms with Gasteiger partial charge in [-0.05, 0) is 30.7 Å². The number of aliphatic imine (C=N–C) groups is 2. The molecule has 0 radical (unpaired) electrons. The first-order chi connectivity index (χ1) is 15.4. The zero-order chi connectivity index (χ0) is 22.9. The summed E-state index contributed by atoms with van der Waals surface area (Å²) in [6.07, 6.45) is 0.742. The molecule has 13 heteroatoms. The van der Waals surface area contributed by atoms with Gasteiger partial charge in [-0.15, -0.1) is 0 Å². The number of phosphoric ester groups is 1. The van der Waals surface area contributed by atoms with Crippen LogP contribution in [0.3, 0.4) is 0 Å². The Hall–Kier alpha value is -2.17. The number of hydrogen-bond donors (Lipinski definition) is 2. The fourth-order valence-electron chi connectivity index (χ4n) is 3.82. The summed E-state index contributed by atoms with van der Waals surface area (Å²) in [6, 6.07) is 5.77. The van der Waals surface area contributed by atoms with Gasteiger partial charge in [0.15, 0.2) is 12.0 Å². The van der Waals surface area contributed by atoms with Crippen LogP contribution in [0.25, 0.3) is 0 Å². The summed E-state index contributed by atoms with van der Waals surface area (Å²) in [5.74, 6) is 0.428. The van der Waals surface area contributed by atoms with E-state index < -0.39 is 32.4 Å². The van der Waals surface area contributed by atoms with Crippen LogP contribution in [0.2, 0.25) is 5.02 Å². The molecule has 2 N–H and O–H groups in total. The average Bonchev–Trinajstić information content (AvgIpc) is 3.39. The zero-order valence-electron chi connectivity index (χ0n) is 17.8. The predicted octanol–water partition coefficient (Wildman–Crippen LogP) is 2.13. The molecular weight excluding hydrogens is 461 g/mol. The van der Waals surface area contributed by atoms with Gasteiger partial charge in [-0.3, -0.25) is 29.1 Å². The number of guanidine groups is 1. The van der Waals surface area contributed by atoms with Crippen LogP contribution in [0.5, 0.6) is 5.75 Å². The highest BCUT2D eigenvalue weighted by atomic mass is 35.5. The quantitative estimate of drug-likeness (QED) is 0.563. The van der Waals surface area contributed by atoms with E-state index in [0.29, 0.717) is 29.6 Å². The van der Waals surface area contributed by atoms with Gasteiger partial charge in [0.05, 0.1) is 12.4 Å². The number of rotatable bonds is 7. The van der Waals surface area contributed by atoms with Gasteiger partial charge in [0, 0.05) is 25.6 Å². The van der Waals surface area contributed by atoms with Crippen molar-refractivity contribution < 1.29 is 27.7 Å². The van der Waals surface area contributed by atoms with E-state index in [1.54, 1.807) is 37.7 Å². The number of nitrogens with zero attached hydrogens (tertiary/aromatic N) is 3. The Labute approximate surface area is 190 Å². The maximum Gasteiger partial charge on any atom is 0.530 e. The first-order valence-electron chi connectivity index (χ1n) is 10.2. The summed E-state index contributed by atoms with van der Waals surface area (Å²) in [5.41, 5.74) is 0. The highest BCUT2D eigenvalue weighted by Crippen LogP contribution is 2.52. The molecule has 3 heterocycles. The van der Waals surface area contributed by atoms with Crippen molar-refractivity contribution in [2.24, 2.45) is 9.98 Å². The van der Waals surface area contributed by atoms with Gasteiger partial charge in [-0.2, -0.15) is 0 Å². The molecule has 0 bridgehead atoms. The molecular formula is C19H25ClN5O6P. The van der Waals surface area contributed by atoms with E-state index in [1.165, 1.54) is 7.11 Å². The van der Waals surface area contributed by atoms with Crippen LogP contribution in [0.15, 0.2) is 34.3 Å². The minimum absolute atomic E-state index is 0.244. The van der Waals surface area contributed by atoms with Gasteiger partial charge in [0.1, 0.15) is 24.2 Å². The number of amides is 1. The second-order valence-corrected chi connectivity index (χ2v) is 9.49. The van der Waals surface area contributed by atoms with Crippen LogP contribution in [0.4, 0.5) is 0 Å². The van der Waals surface area contributed by atoms with E-state index in [2.05, 4.69) is 20.6 Å². The minimum Gasteiger partial charge on any atom is -0.404 e. The molecule has 0 aliphatic carbocycles. The largest absolute Gasteiger partial charge is 0.530 e. The highest BCUT2D eigenvalue weighted by Gasteiger charge is 2.49. The Balaban J connectivity index is 1.46. The van der Waals surface area contributed by atoms with Crippen LogP contribution >= 0.6 is 19.4 Å². The van der Waals surface area contributed by atoms with Crippen molar-refractivity contribution in [2.75, 3.05) is 14.2 Å². The lowest BCUT2D eigenvalue weighted by Gasteiger charge is -2.35. The highest BCUT2D eigenvalue weighted by molar-refractivity contribution is 7.48. The first kappa shape index (κ1) is 23.0. The number of halogens is 1. The maximum absolute atomic E-state index is 13.2. The Morgan fingerprint density at radius 1 is 1.38 bits per heavy atom. The SMILES string of the molecule is CCC1OC(N2C=NC3C(=O)NC(=NC)NC32)CC1OP(=O)(OC)Oc1ccc(Cl)cc1. The van der Waals surface area contributed by atoms with Crippen LogP contribution < -0.4 is 15.2 Å². The average molecular weight is 486 g/mol. The molecule has 0 aromatic heterocycles. The molecule has 32 heavy (non-hydrogen) atoms. The Bertz CT molecular complexity index is 960. The van der Waals surface area contributed by atoms with Crippen molar-refractivity contribution >= 4 is 37.6 Å². The van der Waals surface area contributed by atoms with Gasteiger partial charge in [0.25, 0.3) is 5.91 Å². The maximum atomic E-state index is 13.2. The Morgan fingerprint density at radius 3 is 2.78 bits per heavy atom. The van der Waals surface area contributed by atoms with E-state index in [1.807, 2.05) is 11.8 Å². The molecule has 3 aliphatic rings. The normalized spacial score (nSPS) is 32.4. The number of ether oxygens (including phenoxy) is 1. The fraction of sp³-hybridized carbons (Fsp3) is 0.526. The number of benzene rings is 1. The summed E-state index contributed by atoms with van der Waals surface area (Å²) in [6.45, 7) is 1.94. The van der Waals surface area contributed by atoms with E-state index in [-0.39, 0.29) is 12.0 Å². The molecule has 11 nitrogen and oxygen atoms in total. The van der Waals surface area contributed by atoms with Gasteiger partial charge < -0.3 is 19.5 Å². The predicted molar refractivity (Wildman–Crippen MR) is 118 cm³/mol. The second kappa shape index (κ2) is 9.36. The lowest BCUT2D eigenvalue weighted by Crippen LogP contribution is -2.65. The molecule has 6 atom stereocenters. The summed E-state index contributed by atoms with van der Waals surface area (Å²) < 4.78 is 35.8. The van der Waals surface area contributed by atoms with E-state index in [0.717, 1.165) is 0 Å². The lowest BCUT2D eigenvalue weighted by molar-refractivity contribution is -0.123. The van der Waals surface area contributed by atoms with Crippen molar-refractivity contribution in [2.45, 2.75) is 50.4 Å². The van der Waals surface area contributed by atoms with Gasteiger partial charge in [0.2, 0.25) is 0 Å². The monoisotopic (exact) mass is 485 g/mol. The van der Waals surface area contributed by atoms with Crippen LogP contribution in [0.1, 0.15) is 19.8 Å². The van der Waals surface area contributed by atoms with Crippen LogP contribution in [-0.2, 0) is 23.1 Å². The third-order valence-corrected chi connectivity index (χ3v) is 7.10. The Kier molecular flexibility index (Phi) is 6.73. The van der Waals surface area contributed by atoms with Gasteiger partial charge in [-0.25, -0.2) is 4.57 Å². The van der Waals surface area contributed by atoms with E-state index in [9.17, 15) is 9.36 Å². The zero-order valence-corrected chi connectivity index (χ0v) is 19.5. The molecule has 6 unspecified atom stereocenters. The van der Waals surface area contributed by atoms with Gasteiger partial charge in [-0.1, -0.05) is 18.5 Å². The number of nitrogens with one attached hydrogen (secondary N) is 2. The molecule has 2 fully saturated rings. The molecule has 3 aliphatic heterocycles. The van der Waals surface area contributed by atoms with Crippen molar-refractivity contribution in [3.8, 4) is 5.75 Å². The standard InChI is InChI=1S/C19H25ClN5O6P/c1-4-13-14(31-32(27,28-3)30-12-7-5-11(20)6-8-12)9-15(29-13)25-10-22-16-17(25)23-19(21-2)24-18(16)26/h5-8,10,13-17H,4,9H2,1-3H3,(H2,21,23,24,26). The minimum atomic E-state index is -3.92. The van der Waals surface area contributed by atoms with E-state index >= 15 is 0 Å². The van der Waals surface area contributed by atoms with Crippen molar-refractivity contribution in [3.05, 3.63) is 29.3 Å². The van der Waals surface area contributed by atoms with Crippen LogP contribution in [-0.4, -0.2) is 67.9 Å². The van der Waals surface area contributed by atoms with E-state index in [4.69, 9.17) is 29.9 Å². The lowest BCUT2D eigenvalue weighted by atomic mass is 10.1. The number of carbonyl (C=O) groups excluding carboxylic acids is 1.